The van der Waals surface area contributed by atoms with Crippen molar-refractivity contribution in [1.29, 1.82) is 0 Å². The summed E-state index contributed by atoms with van der Waals surface area (Å²) < 4.78 is 0. The second kappa shape index (κ2) is 7.02. The van der Waals surface area contributed by atoms with E-state index in [9.17, 15) is 9.90 Å². The predicted molar refractivity (Wildman–Crippen MR) is 77.2 cm³/mol. The molecule has 0 bridgehead atoms. The van der Waals surface area contributed by atoms with Crippen molar-refractivity contribution in [3.8, 4) is 0 Å². The molecule has 0 saturated heterocycles. The van der Waals surface area contributed by atoms with Crippen LogP contribution in [0.1, 0.15) is 12.5 Å². The van der Waals surface area contributed by atoms with Gasteiger partial charge < -0.3 is 10.4 Å². The molecular weight excluding hydrogens is 270 g/mol. The quantitative estimate of drug-likeness (QED) is 0.842. The lowest BCUT2D eigenvalue weighted by Gasteiger charge is -2.22. The molecular formula is C13H18ClNO2S. The number of benzene rings is 1. The Labute approximate surface area is 117 Å². The molecule has 1 unspecified atom stereocenters. The monoisotopic (exact) mass is 287 g/mol. The van der Waals surface area contributed by atoms with Gasteiger partial charge in [-0.15, -0.1) is 0 Å². The maximum absolute atomic E-state index is 11.7. The van der Waals surface area contributed by atoms with Crippen molar-refractivity contribution >= 4 is 29.3 Å². The standard InChI is InChI=1S/C13H18ClNO2S/c1-13(17,9-18-2)8-15-12(16)7-10-4-3-5-11(14)6-10/h3-6,17H,7-9H2,1-2H3,(H,15,16). The van der Waals surface area contributed by atoms with E-state index in [4.69, 9.17) is 11.6 Å². The molecule has 100 valence electrons. The first-order valence-electron chi connectivity index (χ1n) is 5.65. The highest BCUT2D eigenvalue weighted by Crippen LogP contribution is 2.12. The summed E-state index contributed by atoms with van der Waals surface area (Å²) in [5.74, 6) is 0.475. The molecule has 0 saturated carbocycles. The molecule has 1 atom stereocenters. The molecule has 1 amide bonds. The molecule has 0 aliphatic rings. The Morgan fingerprint density at radius 1 is 1.56 bits per heavy atom. The van der Waals surface area contributed by atoms with Crippen molar-refractivity contribution in [1.82, 2.24) is 5.32 Å². The first kappa shape index (κ1) is 15.3. The lowest BCUT2D eigenvalue weighted by Crippen LogP contribution is -2.42. The fourth-order valence-corrected chi connectivity index (χ4v) is 2.48. The zero-order chi connectivity index (χ0) is 13.6. The van der Waals surface area contributed by atoms with Crippen molar-refractivity contribution in [2.75, 3.05) is 18.6 Å². The van der Waals surface area contributed by atoms with E-state index in [1.807, 2.05) is 18.4 Å². The molecule has 0 aromatic heterocycles. The zero-order valence-corrected chi connectivity index (χ0v) is 12.1. The second-order valence-corrected chi connectivity index (χ2v) is 5.82. The minimum absolute atomic E-state index is 0.112. The number of nitrogens with one attached hydrogen (secondary N) is 1. The van der Waals surface area contributed by atoms with Crippen LogP contribution in [0.5, 0.6) is 0 Å². The van der Waals surface area contributed by atoms with E-state index in [1.54, 1.807) is 30.8 Å². The third-order valence-electron chi connectivity index (χ3n) is 2.38. The van der Waals surface area contributed by atoms with Gasteiger partial charge in [-0.25, -0.2) is 0 Å². The lowest BCUT2D eigenvalue weighted by molar-refractivity contribution is -0.121. The van der Waals surface area contributed by atoms with Crippen LogP contribution < -0.4 is 5.32 Å². The Balaban J connectivity index is 2.43. The average Bonchev–Trinajstić information content (AvgIpc) is 2.26. The first-order chi connectivity index (χ1) is 8.43. The normalized spacial score (nSPS) is 14.0. The highest BCUT2D eigenvalue weighted by molar-refractivity contribution is 7.98. The largest absolute Gasteiger partial charge is 0.387 e. The summed E-state index contributed by atoms with van der Waals surface area (Å²) in [6.07, 6.45) is 2.19. The number of amides is 1. The molecule has 1 aromatic rings. The number of carbonyl (C=O) groups is 1. The van der Waals surface area contributed by atoms with Gasteiger partial charge in [0.15, 0.2) is 0 Å². The Bertz CT molecular complexity index is 410. The molecule has 0 aliphatic carbocycles. The fraction of sp³-hybridized carbons (Fsp3) is 0.462. The number of rotatable bonds is 6. The Kier molecular flexibility index (Phi) is 5.99. The van der Waals surface area contributed by atoms with Gasteiger partial charge in [-0.1, -0.05) is 23.7 Å². The van der Waals surface area contributed by atoms with E-state index in [0.717, 1.165) is 5.56 Å². The number of thioether (sulfide) groups is 1. The summed E-state index contributed by atoms with van der Waals surface area (Å²) in [5, 5.41) is 13.3. The number of carbonyl (C=O) groups excluding carboxylic acids is 1. The summed E-state index contributed by atoms with van der Waals surface area (Å²) in [4.78, 5) is 11.7. The average molecular weight is 288 g/mol. The highest BCUT2D eigenvalue weighted by atomic mass is 35.5. The van der Waals surface area contributed by atoms with Gasteiger partial charge in [-0.05, 0) is 30.9 Å². The lowest BCUT2D eigenvalue weighted by atomic mass is 10.1. The Hall–Kier alpha value is -0.710. The van der Waals surface area contributed by atoms with Crippen molar-refractivity contribution < 1.29 is 9.90 Å². The van der Waals surface area contributed by atoms with Crippen molar-refractivity contribution in [2.24, 2.45) is 0 Å². The van der Waals surface area contributed by atoms with E-state index in [0.29, 0.717) is 10.8 Å². The summed E-state index contributed by atoms with van der Waals surface area (Å²) in [7, 11) is 0. The third-order valence-corrected chi connectivity index (χ3v) is 3.52. The first-order valence-corrected chi connectivity index (χ1v) is 7.42. The van der Waals surface area contributed by atoms with Crippen molar-refractivity contribution in [2.45, 2.75) is 18.9 Å². The van der Waals surface area contributed by atoms with Crippen LogP contribution in [-0.4, -0.2) is 35.2 Å². The number of halogens is 1. The molecule has 2 N–H and O–H groups in total. The van der Waals surface area contributed by atoms with Crippen LogP contribution in [0, 0.1) is 0 Å². The molecule has 0 spiro atoms. The van der Waals surface area contributed by atoms with Crippen molar-refractivity contribution in [3.63, 3.8) is 0 Å². The molecule has 5 heteroatoms. The molecule has 0 heterocycles. The number of aliphatic hydroxyl groups is 1. The van der Waals surface area contributed by atoms with Crippen LogP contribution in [0.15, 0.2) is 24.3 Å². The topological polar surface area (TPSA) is 49.3 Å². The van der Waals surface area contributed by atoms with E-state index >= 15 is 0 Å². The predicted octanol–water partition coefficient (Wildman–Crippen LogP) is 2.11. The molecule has 3 nitrogen and oxygen atoms in total. The second-order valence-electron chi connectivity index (χ2n) is 4.51. The molecule has 18 heavy (non-hydrogen) atoms. The van der Waals surface area contributed by atoms with Crippen LogP contribution in [0.2, 0.25) is 5.02 Å². The fourth-order valence-electron chi connectivity index (χ4n) is 1.55. The van der Waals surface area contributed by atoms with E-state index in [-0.39, 0.29) is 18.9 Å². The summed E-state index contributed by atoms with van der Waals surface area (Å²) in [6, 6.07) is 7.20. The number of hydrogen-bond acceptors (Lipinski definition) is 3. The van der Waals surface area contributed by atoms with Crippen LogP contribution in [0.25, 0.3) is 0 Å². The van der Waals surface area contributed by atoms with Gasteiger partial charge in [0, 0.05) is 17.3 Å². The van der Waals surface area contributed by atoms with Crippen LogP contribution >= 0.6 is 23.4 Å². The van der Waals surface area contributed by atoms with Gasteiger partial charge in [0.2, 0.25) is 5.91 Å². The Morgan fingerprint density at radius 2 is 2.28 bits per heavy atom. The minimum atomic E-state index is -0.872. The number of hydrogen-bond donors (Lipinski definition) is 2. The van der Waals surface area contributed by atoms with Gasteiger partial charge in [0.05, 0.1) is 12.0 Å². The molecule has 0 radical (unpaired) electrons. The smallest absolute Gasteiger partial charge is 0.224 e. The SMILES string of the molecule is CSCC(C)(O)CNC(=O)Cc1cccc(Cl)c1. The van der Waals surface area contributed by atoms with Crippen LogP contribution in [0.4, 0.5) is 0 Å². The summed E-state index contributed by atoms with van der Waals surface area (Å²) in [6.45, 7) is 1.97. The molecule has 0 fully saturated rings. The van der Waals surface area contributed by atoms with Gasteiger partial charge in [-0.2, -0.15) is 11.8 Å². The van der Waals surface area contributed by atoms with Gasteiger partial charge >= 0.3 is 0 Å². The maximum atomic E-state index is 11.7. The highest BCUT2D eigenvalue weighted by Gasteiger charge is 2.20. The van der Waals surface area contributed by atoms with Crippen molar-refractivity contribution in [3.05, 3.63) is 34.9 Å². The summed E-state index contributed by atoms with van der Waals surface area (Å²) in [5.41, 5.74) is -0.00633. The van der Waals surface area contributed by atoms with Crippen LogP contribution in [-0.2, 0) is 11.2 Å². The van der Waals surface area contributed by atoms with E-state index < -0.39 is 5.60 Å². The van der Waals surface area contributed by atoms with E-state index in [2.05, 4.69) is 5.32 Å². The van der Waals surface area contributed by atoms with Gasteiger partial charge in [0.1, 0.15) is 0 Å². The third kappa shape index (κ3) is 5.76. The summed E-state index contributed by atoms with van der Waals surface area (Å²) >= 11 is 7.39. The van der Waals surface area contributed by atoms with Crippen LogP contribution in [0.3, 0.4) is 0 Å². The molecule has 1 rings (SSSR count). The van der Waals surface area contributed by atoms with E-state index in [1.165, 1.54) is 0 Å². The zero-order valence-electron chi connectivity index (χ0n) is 10.6. The minimum Gasteiger partial charge on any atom is -0.387 e. The Morgan fingerprint density at radius 3 is 2.89 bits per heavy atom. The van der Waals surface area contributed by atoms with Gasteiger partial charge in [0.25, 0.3) is 0 Å². The van der Waals surface area contributed by atoms with Gasteiger partial charge in [-0.3, -0.25) is 4.79 Å². The maximum Gasteiger partial charge on any atom is 0.224 e. The molecule has 1 aromatic carbocycles. The molecule has 0 aliphatic heterocycles.